The highest BCUT2D eigenvalue weighted by atomic mass is 127. The molecule has 0 unspecified atom stereocenters. The van der Waals surface area contributed by atoms with E-state index in [0.29, 0.717) is 6.54 Å². The molecule has 1 aromatic heterocycles. The van der Waals surface area contributed by atoms with E-state index in [-0.39, 0.29) is 24.0 Å². The third-order valence-electron chi connectivity index (χ3n) is 4.22. The van der Waals surface area contributed by atoms with E-state index >= 15 is 0 Å². The van der Waals surface area contributed by atoms with Crippen LogP contribution in [0.15, 0.2) is 4.99 Å². The van der Waals surface area contributed by atoms with Gasteiger partial charge in [-0.05, 0) is 20.8 Å². The van der Waals surface area contributed by atoms with Crippen LogP contribution >= 0.6 is 24.0 Å². The average Bonchev–Trinajstić information content (AvgIpc) is 2.79. The zero-order valence-electron chi connectivity index (χ0n) is 15.3. The lowest BCUT2D eigenvalue weighted by Gasteiger charge is -2.26. The van der Waals surface area contributed by atoms with Gasteiger partial charge in [-0.25, -0.2) is 4.99 Å². The standard InChI is InChI=1S/C16H30N6O.HI/c1-5-17-16(18-6-7-22-8-10-23-11-9-22)19-12-15-13(2)20-21(4)14(15)3;/h5-12H2,1-4H3,(H2,17,18,19);1H. The molecule has 0 atom stereocenters. The van der Waals surface area contributed by atoms with Gasteiger partial charge in [-0.2, -0.15) is 5.10 Å². The third-order valence-corrected chi connectivity index (χ3v) is 4.22. The van der Waals surface area contributed by atoms with Crippen molar-refractivity contribution in [1.29, 1.82) is 0 Å². The fourth-order valence-electron chi connectivity index (χ4n) is 2.70. The van der Waals surface area contributed by atoms with E-state index in [1.165, 1.54) is 11.3 Å². The fraction of sp³-hybridized carbons (Fsp3) is 0.750. The van der Waals surface area contributed by atoms with Crippen molar-refractivity contribution in [1.82, 2.24) is 25.3 Å². The molecule has 24 heavy (non-hydrogen) atoms. The van der Waals surface area contributed by atoms with E-state index in [2.05, 4.69) is 34.5 Å². The lowest BCUT2D eigenvalue weighted by atomic mass is 10.2. The summed E-state index contributed by atoms with van der Waals surface area (Å²) in [5, 5.41) is 11.2. The summed E-state index contributed by atoms with van der Waals surface area (Å²) in [6.07, 6.45) is 0. The molecule has 1 aliphatic rings. The summed E-state index contributed by atoms with van der Waals surface area (Å²) in [6, 6.07) is 0. The Labute approximate surface area is 162 Å². The summed E-state index contributed by atoms with van der Waals surface area (Å²) in [6.45, 7) is 13.3. The summed E-state index contributed by atoms with van der Waals surface area (Å²) in [5.74, 6) is 0.864. The zero-order chi connectivity index (χ0) is 16.7. The molecule has 0 aromatic carbocycles. The van der Waals surface area contributed by atoms with Crippen LogP contribution in [0.4, 0.5) is 0 Å². The minimum atomic E-state index is 0. The van der Waals surface area contributed by atoms with Crippen LogP contribution in [-0.4, -0.2) is 66.6 Å². The summed E-state index contributed by atoms with van der Waals surface area (Å²) < 4.78 is 7.29. The smallest absolute Gasteiger partial charge is 0.191 e. The number of aromatic nitrogens is 2. The van der Waals surface area contributed by atoms with E-state index in [0.717, 1.165) is 57.6 Å². The highest BCUT2D eigenvalue weighted by molar-refractivity contribution is 14.0. The second-order valence-corrected chi connectivity index (χ2v) is 5.85. The predicted molar refractivity (Wildman–Crippen MR) is 108 cm³/mol. The van der Waals surface area contributed by atoms with Crippen LogP contribution in [0.2, 0.25) is 0 Å². The van der Waals surface area contributed by atoms with Crippen molar-refractivity contribution in [2.45, 2.75) is 27.3 Å². The van der Waals surface area contributed by atoms with Gasteiger partial charge in [0.25, 0.3) is 0 Å². The maximum atomic E-state index is 5.37. The first-order valence-corrected chi connectivity index (χ1v) is 8.43. The number of ether oxygens (including phenoxy) is 1. The molecule has 0 bridgehead atoms. The van der Waals surface area contributed by atoms with Crippen LogP contribution in [0.1, 0.15) is 23.9 Å². The molecule has 1 saturated heterocycles. The lowest BCUT2D eigenvalue weighted by molar-refractivity contribution is 0.0389. The number of halogens is 1. The summed E-state index contributed by atoms with van der Waals surface area (Å²) >= 11 is 0. The number of morpholine rings is 1. The fourth-order valence-corrected chi connectivity index (χ4v) is 2.70. The number of rotatable bonds is 6. The lowest BCUT2D eigenvalue weighted by Crippen LogP contribution is -2.44. The summed E-state index contributed by atoms with van der Waals surface area (Å²) in [5.41, 5.74) is 3.44. The monoisotopic (exact) mass is 450 g/mol. The molecule has 7 nitrogen and oxygen atoms in total. The van der Waals surface area contributed by atoms with Gasteiger partial charge < -0.3 is 15.4 Å². The Bertz CT molecular complexity index is 525. The highest BCUT2D eigenvalue weighted by Crippen LogP contribution is 2.12. The van der Waals surface area contributed by atoms with Crippen LogP contribution in [0.3, 0.4) is 0 Å². The van der Waals surface area contributed by atoms with Crippen molar-refractivity contribution in [2.75, 3.05) is 45.9 Å². The molecule has 2 rings (SSSR count). The first-order valence-electron chi connectivity index (χ1n) is 8.43. The topological polar surface area (TPSA) is 66.7 Å². The van der Waals surface area contributed by atoms with Crippen LogP contribution in [0, 0.1) is 13.8 Å². The molecule has 8 heteroatoms. The van der Waals surface area contributed by atoms with Gasteiger partial charge in [0.1, 0.15) is 0 Å². The molecule has 0 spiro atoms. The predicted octanol–water partition coefficient (Wildman–Crippen LogP) is 1.04. The van der Waals surface area contributed by atoms with E-state index in [1.54, 1.807) is 0 Å². The van der Waals surface area contributed by atoms with Crippen LogP contribution in [0.5, 0.6) is 0 Å². The van der Waals surface area contributed by atoms with Crippen LogP contribution < -0.4 is 10.6 Å². The highest BCUT2D eigenvalue weighted by Gasteiger charge is 2.11. The molecule has 2 N–H and O–H groups in total. The number of nitrogens with zero attached hydrogens (tertiary/aromatic N) is 4. The Morgan fingerprint density at radius 2 is 1.96 bits per heavy atom. The number of nitrogens with one attached hydrogen (secondary N) is 2. The van der Waals surface area contributed by atoms with Crippen molar-refractivity contribution >= 4 is 29.9 Å². The van der Waals surface area contributed by atoms with Crippen LogP contribution in [0.25, 0.3) is 0 Å². The van der Waals surface area contributed by atoms with Gasteiger partial charge in [0.05, 0.1) is 25.5 Å². The van der Waals surface area contributed by atoms with Crippen molar-refractivity contribution in [2.24, 2.45) is 12.0 Å². The van der Waals surface area contributed by atoms with E-state index < -0.39 is 0 Å². The Morgan fingerprint density at radius 1 is 1.25 bits per heavy atom. The average molecular weight is 450 g/mol. The van der Waals surface area contributed by atoms with Gasteiger partial charge >= 0.3 is 0 Å². The number of aliphatic imine (C=N–C) groups is 1. The Balaban J connectivity index is 0.00000288. The SMILES string of the molecule is CCNC(=NCc1c(C)nn(C)c1C)NCCN1CCOCC1.I. The van der Waals surface area contributed by atoms with Gasteiger partial charge in [-0.3, -0.25) is 9.58 Å². The largest absolute Gasteiger partial charge is 0.379 e. The van der Waals surface area contributed by atoms with Crippen molar-refractivity contribution < 1.29 is 4.74 Å². The molecule has 2 heterocycles. The van der Waals surface area contributed by atoms with E-state index in [1.807, 2.05) is 18.7 Å². The number of hydrogen-bond donors (Lipinski definition) is 2. The van der Waals surface area contributed by atoms with Crippen LogP contribution in [-0.2, 0) is 18.3 Å². The first kappa shape index (κ1) is 21.2. The summed E-state index contributed by atoms with van der Waals surface area (Å²) in [4.78, 5) is 7.11. The molecule has 1 fully saturated rings. The number of hydrogen-bond acceptors (Lipinski definition) is 4. The van der Waals surface area contributed by atoms with Gasteiger partial charge in [0.15, 0.2) is 5.96 Å². The molecule has 0 radical (unpaired) electrons. The van der Waals surface area contributed by atoms with Crippen molar-refractivity contribution in [3.8, 4) is 0 Å². The Morgan fingerprint density at radius 3 is 2.54 bits per heavy atom. The molecule has 1 aliphatic heterocycles. The number of guanidine groups is 1. The quantitative estimate of drug-likeness (QED) is 0.385. The maximum Gasteiger partial charge on any atom is 0.191 e. The first-order chi connectivity index (χ1) is 11.1. The molecule has 1 aromatic rings. The Hall–Kier alpha value is -0.870. The molecule has 138 valence electrons. The van der Waals surface area contributed by atoms with Gasteiger partial charge in [0, 0.05) is 51.0 Å². The molecule has 0 saturated carbocycles. The second-order valence-electron chi connectivity index (χ2n) is 5.85. The van der Waals surface area contributed by atoms with Gasteiger partial charge in [0.2, 0.25) is 0 Å². The van der Waals surface area contributed by atoms with Crippen molar-refractivity contribution in [3.05, 3.63) is 17.0 Å². The van der Waals surface area contributed by atoms with Gasteiger partial charge in [-0.15, -0.1) is 24.0 Å². The number of aryl methyl sites for hydroxylation is 2. The zero-order valence-corrected chi connectivity index (χ0v) is 17.6. The minimum absolute atomic E-state index is 0. The van der Waals surface area contributed by atoms with Gasteiger partial charge in [-0.1, -0.05) is 0 Å². The van der Waals surface area contributed by atoms with E-state index in [4.69, 9.17) is 9.73 Å². The molecule has 0 aliphatic carbocycles. The molecular formula is C16H31IN6O. The maximum absolute atomic E-state index is 5.37. The second kappa shape index (κ2) is 10.9. The Kier molecular flexibility index (Phi) is 9.60. The molecular weight excluding hydrogens is 419 g/mol. The summed E-state index contributed by atoms with van der Waals surface area (Å²) in [7, 11) is 1.97. The normalized spacial score (nSPS) is 15.9. The molecule has 0 amide bonds. The van der Waals surface area contributed by atoms with Crippen molar-refractivity contribution in [3.63, 3.8) is 0 Å². The third kappa shape index (κ3) is 6.21. The minimum Gasteiger partial charge on any atom is -0.379 e. The van der Waals surface area contributed by atoms with E-state index in [9.17, 15) is 0 Å².